The number of benzene rings is 1. The largest absolute Gasteiger partial charge is 0.309 e. The number of rotatable bonds is 4. The van der Waals surface area contributed by atoms with Crippen LogP contribution in [0.15, 0.2) is 36.7 Å². The molecule has 0 bridgehead atoms. The SMILES string of the molecule is Cc1ccc(CNCc2cnccc2C)cc1Cl. The highest BCUT2D eigenvalue weighted by atomic mass is 35.5. The Labute approximate surface area is 113 Å². The number of nitrogens with zero attached hydrogens (tertiary/aromatic N) is 1. The number of aryl methyl sites for hydroxylation is 2. The van der Waals surface area contributed by atoms with Crippen LogP contribution in [0.2, 0.25) is 5.02 Å². The highest BCUT2D eigenvalue weighted by molar-refractivity contribution is 6.31. The molecule has 0 aliphatic heterocycles. The first-order valence-corrected chi connectivity index (χ1v) is 6.40. The van der Waals surface area contributed by atoms with Crippen LogP contribution in [-0.2, 0) is 13.1 Å². The van der Waals surface area contributed by atoms with Gasteiger partial charge in [0.1, 0.15) is 0 Å². The number of hydrogen-bond acceptors (Lipinski definition) is 2. The molecule has 0 spiro atoms. The van der Waals surface area contributed by atoms with Gasteiger partial charge < -0.3 is 5.32 Å². The van der Waals surface area contributed by atoms with Gasteiger partial charge in [0.2, 0.25) is 0 Å². The molecule has 1 aromatic heterocycles. The fraction of sp³-hybridized carbons (Fsp3) is 0.267. The zero-order valence-electron chi connectivity index (χ0n) is 10.7. The summed E-state index contributed by atoms with van der Waals surface area (Å²) in [5, 5.41) is 4.23. The summed E-state index contributed by atoms with van der Waals surface area (Å²) in [6, 6.07) is 8.19. The number of nitrogens with one attached hydrogen (secondary N) is 1. The predicted octanol–water partition coefficient (Wildman–Crippen LogP) is 3.64. The lowest BCUT2D eigenvalue weighted by atomic mass is 10.1. The summed E-state index contributed by atoms with van der Waals surface area (Å²) < 4.78 is 0. The number of pyridine rings is 1. The molecule has 1 N–H and O–H groups in total. The predicted molar refractivity (Wildman–Crippen MR) is 75.7 cm³/mol. The van der Waals surface area contributed by atoms with Gasteiger partial charge in [-0.2, -0.15) is 0 Å². The maximum Gasteiger partial charge on any atom is 0.0438 e. The second-order valence-electron chi connectivity index (χ2n) is 4.49. The van der Waals surface area contributed by atoms with E-state index in [2.05, 4.69) is 29.4 Å². The molecule has 0 saturated heterocycles. The molecule has 0 aliphatic rings. The zero-order chi connectivity index (χ0) is 13.0. The summed E-state index contributed by atoms with van der Waals surface area (Å²) in [6.07, 6.45) is 3.73. The van der Waals surface area contributed by atoms with Crippen LogP contribution in [-0.4, -0.2) is 4.98 Å². The molecule has 0 radical (unpaired) electrons. The lowest BCUT2D eigenvalue weighted by Crippen LogP contribution is -2.13. The van der Waals surface area contributed by atoms with Crippen molar-refractivity contribution in [3.63, 3.8) is 0 Å². The molecular formula is C15H17ClN2. The van der Waals surface area contributed by atoms with Gasteiger partial charge in [0.05, 0.1) is 0 Å². The Balaban J connectivity index is 1.92. The maximum absolute atomic E-state index is 6.10. The van der Waals surface area contributed by atoms with E-state index in [0.717, 1.165) is 23.7 Å². The van der Waals surface area contributed by atoms with Gasteiger partial charge in [-0.3, -0.25) is 4.98 Å². The van der Waals surface area contributed by atoms with Crippen molar-refractivity contribution in [3.8, 4) is 0 Å². The molecule has 94 valence electrons. The van der Waals surface area contributed by atoms with Crippen LogP contribution in [0.1, 0.15) is 22.3 Å². The lowest BCUT2D eigenvalue weighted by molar-refractivity contribution is 0.688. The summed E-state index contributed by atoms with van der Waals surface area (Å²) in [4.78, 5) is 4.14. The van der Waals surface area contributed by atoms with Gasteiger partial charge in [0.25, 0.3) is 0 Å². The molecule has 0 aliphatic carbocycles. The van der Waals surface area contributed by atoms with Crippen LogP contribution in [0.25, 0.3) is 0 Å². The topological polar surface area (TPSA) is 24.9 Å². The summed E-state index contributed by atoms with van der Waals surface area (Å²) in [5.74, 6) is 0. The number of halogens is 1. The van der Waals surface area contributed by atoms with E-state index in [1.165, 1.54) is 16.7 Å². The van der Waals surface area contributed by atoms with Crippen LogP contribution in [0, 0.1) is 13.8 Å². The first-order valence-electron chi connectivity index (χ1n) is 6.02. The molecule has 1 heterocycles. The maximum atomic E-state index is 6.10. The van der Waals surface area contributed by atoms with Gasteiger partial charge in [-0.1, -0.05) is 23.7 Å². The van der Waals surface area contributed by atoms with Crippen LogP contribution in [0.4, 0.5) is 0 Å². The zero-order valence-corrected chi connectivity index (χ0v) is 11.5. The third kappa shape index (κ3) is 3.31. The molecule has 0 saturated carbocycles. The normalized spacial score (nSPS) is 10.6. The third-order valence-electron chi connectivity index (χ3n) is 3.03. The van der Waals surface area contributed by atoms with Crippen molar-refractivity contribution in [1.82, 2.24) is 10.3 Å². The molecule has 2 rings (SSSR count). The molecule has 0 unspecified atom stereocenters. The van der Waals surface area contributed by atoms with Gasteiger partial charge in [-0.15, -0.1) is 0 Å². The minimum atomic E-state index is 0.814. The molecule has 0 atom stereocenters. The average Bonchev–Trinajstić information content (AvgIpc) is 2.36. The van der Waals surface area contributed by atoms with Crippen molar-refractivity contribution in [3.05, 3.63) is 63.9 Å². The molecule has 0 fully saturated rings. The second-order valence-corrected chi connectivity index (χ2v) is 4.90. The molecule has 0 amide bonds. The average molecular weight is 261 g/mol. The van der Waals surface area contributed by atoms with E-state index in [0.29, 0.717) is 0 Å². The first kappa shape index (κ1) is 13.1. The Morgan fingerprint density at radius 1 is 1.11 bits per heavy atom. The fourth-order valence-corrected chi connectivity index (χ4v) is 1.97. The molecule has 18 heavy (non-hydrogen) atoms. The molecule has 1 aromatic carbocycles. The van der Waals surface area contributed by atoms with Gasteiger partial charge >= 0.3 is 0 Å². The number of hydrogen-bond donors (Lipinski definition) is 1. The Morgan fingerprint density at radius 3 is 2.67 bits per heavy atom. The van der Waals surface area contributed by atoms with Crippen molar-refractivity contribution in [2.75, 3.05) is 0 Å². The molecule has 2 nitrogen and oxygen atoms in total. The highest BCUT2D eigenvalue weighted by Crippen LogP contribution is 2.16. The lowest BCUT2D eigenvalue weighted by Gasteiger charge is -2.08. The Morgan fingerprint density at radius 2 is 1.94 bits per heavy atom. The highest BCUT2D eigenvalue weighted by Gasteiger charge is 2.00. The smallest absolute Gasteiger partial charge is 0.0438 e. The van der Waals surface area contributed by atoms with Crippen molar-refractivity contribution in [2.24, 2.45) is 0 Å². The second kappa shape index (κ2) is 5.98. The Kier molecular flexibility index (Phi) is 4.34. The first-order chi connectivity index (χ1) is 8.66. The van der Waals surface area contributed by atoms with Gasteiger partial charge in [0, 0.05) is 30.5 Å². The van der Waals surface area contributed by atoms with E-state index in [4.69, 9.17) is 11.6 Å². The van der Waals surface area contributed by atoms with Crippen molar-refractivity contribution >= 4 is 11.6 Å². The summed E-state index contributed by atoms with van der Waals surface area (Å²) >= 11 is 6.10. The fourth-order valence-electron chi connectivity index (χ4n) is 1.77. The van der Waals surface area contributed by atoms with Crippen molar-refractivity contribution < 1.29 is 0 Å². The number of aromatic nitrogens is 1. The van der Waals surface area contributed by atoms with Gasteiger partial charge in [-0.05, 0) is 48.2 Å². The molecule has 3 heteroatoms. The third-order valence-corrected chi connectivity index (χ3v) is 3.44. The van der Waals surface area contributed by atoms with E-state index in [-0.39, 0.29) is 0 Å². The quantitative estimate of drug-likeness (QED) is 0.908. The van der Waals surface area contributed by atoms with Crippen LogP contribution in [0.3, 0.4) is 0 Å². The summed E-state index contributed by atoms with van der Waals surface area (Å²) in [7, 11) is 0. The van der Waals surface area contributed by atoms with E-state index < -0.39 is 0 Å². The summed E-state index contributed by atoms with van der Waals surface area (Å²) in [5.41, 5.74) is 4.81. The van der Waals surface area contributed by atoms with Crippen LogP contribution >= 0.6 is 11.6 Å². The van der Waals surface area contributed by atoms with E-state index >= 15 is 0 Å². The van der Waals surface area contributed by atoms with E-state index in [9.17, 15) is 0 Å². The van der Waals surface area contributed by atoms with E-state index in [1.807, 2.05) is 31.5 Å². The van der Waals surface area contributed by atoms with Crippen molar-refractivity contribution in [1.29, 1.82) is 0 Å². The van der Waals surface area contributed by atoms with E-state index in [1.54, 1.807) is 0 Å². The van der Waals surface area contributed by atoms with Crippen molar-refractivity contribution in [2.45, 2.75) is 26.9 Å². The minimum Gasteiger partial charge on any atom is -0.309 e. The minimum absolute atomic E-state index is 0.814. The molecule has 2 aromatic rings. The van der Waals surface area contributed by atoms with Crippen LogP contribution < -0.4 is 5.32 Å². The Bertz CT molecular complexity index is 538. The Hall–Kier alpha value is -1.38. The standard InChI is InChI=1S/C15H17ClN2/c1-11-5-6-17-9-14(11)10-18-8-13-4-3-12(2)15(16)7-13/h3-7,9,18H,8,10H2,1-2H3. The molecular weight excluding hydrogens is 244 g/mol. The monoisotopic (exact) mass is 260 g/mol. The van der Waals surface area contributed by atoms with Gasteiger partial charge in [0.15, 0.2) is 0 Å². The van der Waals surface area contributed by atoms with Gasteiger partial charge in [-0.25, -0.2) is 0 Å². The van der Waals surface area contributed by atoms with Crippen LogP contribution in [0.5, 0.6) is 0 Å². The summed E-state index contributed by atoms with van der Waals surface area (Å²) in [6.45, 7) is 5.75.